The molecule has 0 N–H and O–H groups in total. The summed E-state index contributed by atoms with van der Waals surface area (Å²) in [6.45, 7) is 9.47. The van der Waals surface area contributed by atoms with Crippen molar-refractivity contribution in [1.29, 1.82) is 0 Å². The van der Waals surface area contributed by atoms with Gasteiger partial charge in [-0.25, -0.2) is 8.42 Å². The molecule has 2 aromatic carbocycles. The van der Waals surface area contributed by atoms with Gasteiger partial charge in [0.1, 0.15) is 0 Å². The average molecular weight is 486 g/mol. The number of aromatic nitrogens is 1. The Morgan fingerprint density at radius 1 is 1.06 bits per heavy atom. The highest BCUT2D eigenvalue weighted by atomic mass is 32.2. The number of amides is 1. The number of fused-ring (bicyclic) bond motifs is 1. The first-order valence-electron chi connectivity index (χ1n) is 11.6. The second kappa shape index (κ2) is 9.52. The lowest BCUT2D eigenvalue weighted by Crippen LogP contribution is -2.43. The van der Waals surface area contributed by atoms with E-state index in [4.69, 9.17) is 0 Å². The van der Waals surface area contributed by atoms with Gasteiger partial charge in [-0.3, -0.25) is 4.79 Å². The molecule has 1 amide bonds. The van der Waals surface area contributed by atoms with Gasteiger partial charge >= 0.3 is 0 Å². The topological polar surface area (TPSA) is 71.7 Å². The van der Waals surface area contributed by atoms with E-state index in [-0.39, 0.29) is 16.8 Å². The number of carbonyl (C=O) groups excluding carboxylic acids is 1. The molecule has 0 saturated carbocycles. The second-order valence-electron chi connectivity index (χ2n) is 8.62. The Morgan fingerprint density at radius 3 is 2.42 bits per heavy atom. The number of benzene rings is 2. The summed E-state index contributed by atoms with van der Waals surface area (Å²) in [4.78, 5) is 18.3. The molecule has 1 unspecified atom stereocenters. The molecule has 3 aromatic rings. The zero-order valence-electron chi connectivity index (χ0n) is 19.7. The third-order valence-electron chi connectivity index (χ3n) is 6.49. The Hall–Kier alpha value is -2.29. The smallest absolute Gasteiger partial charge is 0.279 e. The van der Waals surface area contributed by atoms with Crippen molar-refractivity contribution in [3.8, 4) is 0 Å². The van der Waals surface area contributed by atoms with Crippen LogP contribution in [-0.4, -0.2) is 35.8 Å². The van der Waals surface area contributed by atoms with Gasteiger partial charge < -0.3 is 4.57 Å². The maximum Gasteiger partial charge on any atom is 0.279 e. The van der Waals surface area contributed by atoms with Crippen LogP contribution in [0.2, 0.25) is 0 Å². The maximum absolute atomic E-state index is 13.2. The minimum absolute atomic E-state index is 0.0458. The predicted molar refractivity (Wildman–Crippen MR) is 133 cm³/mol. The summed E-state index contributed by atoms with van der Waals surface area (Å²) >= 11 is 1.51. The highest BCUT2D eigenvalue weighted by Gasteiger charge is 2.32. The van der Waals surface area contributed by atoms with Crippen LogP contribution in [-0.2, 0) is 16.6 Å². The van der Waals surface area contributed by atoms with Gasteiger partial charge in [-0.1, -0.05) is 36.8 Å². The van der Waals surface area contributed by atoms with Crippen molar-refractivity contribution in [3.05, 3.63) is 57.9 Å². The van der Waals surface area contributed by atoms with Crippen LogP contribution in [0.5, 0.6) is 0 Å². The van der Waals surface area contributed by atoms with Crippen molar-refractivity contribution >= 4 is 37.5 Å². The molecule has 1 atom stereocenters. The van der Waals surface area contributed by atoms with Crippen LogP contribution in [0.25, 0.3) is 10.2 Å². The molecule has 0 bridgehead atoms. The van der Waals surface area contributed by atoms with Crippen LogP contribution in [0, 0.1) is 13.8 Å². The summed E-state index contributed by atoms with van der Waals surface area (Å²) in [6, 6.07) is 10.4. The van der Waals surface area contributed by atoms with Crippen molar-refractivity contribution in [2.75, 3.05) is 6.54 Å². The van der Waals surface area contributed by atoms with E-state index in [0.717, 1.165) is 47.0 Å². The number of sulfonamides is 1. The first kappa shape index (κ1) is 23.9. The predicted octanol–water partition coefficient (Wildman–Crippen LogP) is 5.03. The molecule has 1 saturated heterocycles. The molecule has 1 aliphatic rings. The summed E-state index contributed by atoms with van der Waals surface area (Å²) in [5.74, 6) is -0.368. The third kappa shape index (κ3) is 4.44. The van der Waals surface area contributed by atoms with E-state index in [1.54, 1.807) is 16.4 Å². The molecule has 1 aromatic heterocycles. The van der Waals surface area contributed by atoms with Gasteiger partial charge in [0.25, 0.3) is 5.91 Å². The van der Waals surface area contributed by atoms with E-state index in [0.29, 0.717) is 23.5 Å². The van der Waals surface area contributed by atoms with Crippen molar-refractivity contribution in [2.45, 2.75) is 70.9 Å². The fraction of sp³-hybridized carbons (Fsp3) is 0.440. The molecule has 2 heterocycles. The number of nitrogens with zero attached hydrogens (tertiary/aromatic N) is 3. The van der Waals surface area contributed by atoms with E-state index >= 15 is 0 Å². The van der Waals surface area contributed by atoms with Crippen LogP contribution in [0.1, 0.15) is 61.0 Å². The van der Waals surface area contributed by atoms with E-state index < -0.39 is 10.0 Å². The zero-order valence-corrected chi connectivity index (χ0v) is 21.3. The first-order valence-corrected chi connectivity index (χ1v) is 13.8. The number of hydrogen-bond donors (Lipinski definition) is 0. The van der Waals surface area contributed by atoms with Crippen molar-refractivity contribution in [3.63, 3.8) is 0 Å². The molecular formula is C25H31N3O3S2. The highest BCUT2D eigenvalue weighted by Crippen LogP contribution is 2.27. The van der Waals surface area contributed by atoms with E-state index in [2.05, 4.69) is 35.5 Å². The Labute approximate surface area is 199 Å². The molecule has 33 heavy (non-hydrogen) atoms. The van der Waals surface area contributed by atoms with E-state index in [1.807, 2.05) is 13.8 Å². The monoisotopic (exact) mass is 485 g/mol. The fourth-order valence-corrected chi connectivity index (χ4v) is 7.61. The number of rotatable bonds is 5. The lowest BCUT2D eigenvalue weighted by Gasteiger charge is -2.34. The summed E-state index contributed by atoms with van der Waals surface area (Å²) in [5.41, 5.74) is 3.81. The molecule has 1 fully saturated rings. The normalized spacial score (nSPS) is 18.2. The van der Waals surface area contributed by atoms with Crippen LogP contribution < -0.4 is 4.80 Å². The fourth-order valence-electron chi connectivity index (χ4n) is 4.61. The summed E-state index contributed by atoms with van der Waals surface area (Å²) in [5, 5.41) is 0. The second-order valence-corrected chi connectivity index (χ2v) is 11.5. The molecule has 4 rings (SSSR count). The first-order chi connectivity index (χ1) is 15.8. The van der Waals surface area contributed by atoms with E-state index in [9.17, 15) is 13.2 Å². The quantitative estimate of drug-likeness (QED) is 0.509. The molecule has 176 valence electrons. The number of hydrogen-bond acceptors (Lipinski definition) is 4. The van der Waals surface area contributed by atoms with Gasteiger partial charge in [0.2, 0.25) is 10.0 Å². The number of aryl methyl sites for hydroxylation is 3. The average Bonchev–Trinajstić information content (AvgIpc) is 3.20. The van der Waals surface area contributed by atoms with Crippen LogP contribution in [0.4, 0.5) is 0 Å². The largest absolute Gasteiger partial charge is 0.316 e. The highest BCUT2D eigenvalue weighted by molar-refractivity contribution is 7.89. The molecule has 0 radical (unpaired) electrons. The molecular weight excluding hydrogens is 454 g/mol. The molecule has 1 aliphatic heterocycles. The van der Waals surface area contributed by atoms with Gasteiger partial charge in [0.15, 0.2) is 4.80 Å². The van der Waals surface area contributed by atoms with Crippen LogP contribution in [0.3, 0.4) is 0 Å². The standard InChI is InChI=1S/C25H31N3O3S2/c1-5-20-9-7-8-16-28(20)33(30,31)21-14-12-19(13-15-21)24(29)26-25-27(6-2)22-17(3)10-11-18(4)23(22)32-25/h10-15,20H,5-9,16H2,1-4H3. The molecule has 8 heteroatoms. The van der Waals surface area contributed by atoms with Gasteiger partial charge in [0.05, 0.1) is 15.1 Å². The minimum Gasteiger partial charge on any atom is -0.316 e. The number of carbonyl (C=O) groups is 1. The Balaban J connectivity index is 1.67. The van der Waals surface area contributed by atoms with Gasteiger partial charge in [0, 0.05) is 24.7 Å². The summed E-state index contributed by atoms with van der Waals surface area (Å²) in [7, 11) is -3.57. The Kier molecular flexibility index (Phi) is 6.88. The summed E-state index contributed by atoms with van der Waals surface area (Å²) < 4.78 is 31.2. The van der Waals surface area contributed by atoms with Crippen LogP contribution in [0.15, 0.2) is 46.3 Å². The van der Waals surface area contributed by atoms with Crippen molar-refractivity contribution in [1.82, 2.24) is 8.87 Å². The summed E-state index contributed by atoms with van der Waals surface area (Å²) in [6.07, 6.45) is 3.65. The SMILES string of the molecule is CCC1CCCCN1S(=O)(=O)c1ccc(C(=O)N=c2sc3c(C)ccc(C)c3n2CC)cc1. The Morgan fingerprint density at radius 2 is 1.76 bits per heavy atom. The van der Waals surface area contributed by atoms with Crippen molar-refractivity contribution < 1.29 is 13.2 Å². The number of thiazole rings is 1. The minimum atomic E-state index is -3.57. The Bertz CT molecular complexity index is 1350. The number of piperidine rings is 1. The maximum atomic E-state index is 13.2. The van der Waals surface area contributed by atoms with Crippen molar-refractivity contribution in [2.24, 2.45) is 4.99 Å². The van der Waals surface area contributed by atoms with Crippen LogP contribution >= 0.6 is 11.3 Å². The third-order valence-corrected chi connectivity index (χ3v) is 9.67. The van der Waals surface area contributed by atoms with E-state index in [1.165, 1.54) is 23.5 Å². The zero-order chi connectivity index (χ0) is 23.8. The van der Waals surface area contributed by atoms with Gasteiger partial charge in [-0.05, 0) is 75.4 Å². The molecule has 0 spiro atoms. The van der Waals surface area contributed by atoms with Gasteiger partial charge in [-0.15, -0.1) is 0 Å². The molecule has 0 aliphatic carbocycles. The van der Waals surface area contributed by atoms with Gasteiger partial charge in [-0.2, -0.15) is 9.30 Å². The lowest BCUT2D eigenvalue weighted by atomic mass is 10.0. The lowest BCUT2D eigenvalue weighted by molar-refractivity contribution is 0.0997. The molecule has 6 nitrogen and oxygen atoms in total.